The molecule has 3 rings (SSSR count). The molecule has 0 saturated carbocycles. The number of nitrogens with zero attached hydrogens (tertiary/aromatic N) is 3. The summed E-state index contributed by atoms with van der Waals surface area (Å²) < 4.78 is 5.77. The third-order valence-electron chi connectivity index (χ3n) is 5.16. The Morgan fingerprint density at radius 1 is 1.19 bits per heavy atom. The minimum absolute atomic E-state index is 0.0724. The van der Waals surface area contributed by atoms with Gasteiger partial charge in [-0.15, -0.1) is 0 Å². The van der Waals surface area contributed by atoms with Gasteiger partial charge in [0, 0.05) is 38.7 Å². The van der Waals surface area contributed by atoms with Crippen molar-refractivity contribution in [3.8, 4) is 0 Å². The molecule has 1 saturated heterocycles. The minimum atomic E-state index is -0.148. The van der Waals surface area contributed by atoms with Gasteiger partial charge < -0.3 is 14.2 Å². The summed E-state index contributed by atoms with van der Waals surface area (Å²) in [6.45, 7) is 5.20. The third kappa shape index (κ3) is 4.04. The van der Waals surface area contributed by atoms with Crippen LogP contribution in [0.15, 0.2) is 28.7 Å². The highest BCUT2D eigenvalue weighted by Crippen LogP contribution is 2.29. The highest BCUT2D eigenvalue weighted by molar-refractivity contribution is 5.94. The standard InChI is InChI=1S/C21H27N3O3/c1-5-15-6-8-17(9-7-15)20(25)24-12-10-16(11-13-24)19-22-18(14(2)27-19)21(26)23(3)4/h6-9,16H,5,10-13H2,1-4H3. The third-order valence-corrected chi connectivity index (χ3v) is 5.16. The second-order valence-corrected chi connectivity index (χ2v) is 7.27. The molecule has 1 fully saturated rings. The van der Waals surface area contributed by atoms with E-state index in [-0.39, 0.29) is 17.7 Å². The van der Waals surface area contributed by atoms with Crippen molar-refractivity contribution in [2.45, 2.75) is 39.0 Å². The Morgan fingerprint density at radius 2 is 1.81 bits per heavy atom. The maximum absolute atomic E-state index is 12.7. The predicted octanol–water partition coefficient (Wildman–Crippen LogP) is 3.27. The number of aryl methyl sites for hydroxylation is 2. The summed E-state index contributed by atoms with van der Waals surface area (Å²) in [5, 5.41) is 0. The van der Waals surface area contributed by atoms with Crippen LogP contribution in [0.5, 0.6) is 0 Å². The van der Waals surface area contributed by atoms with E-state index in [0.29, 0.717) is 30.4 Å². The van der Waals surface area contributed by atoms with Crippen LogP contribution >= 0.6 is 0 Å². The fourth-order valence-corrected chi connectivity index (χ4v) is 3.40. The Balaban J connectivity index is 1.64. The van der Waals surface area contributed by atoms with Crippen LogP contribution < -0.4 is 0 Å². The molecule has 1 aromatic carbocycles. The summed E-state index contributed by atoms with van der Waals surface area (Å²) in [6.07, 6.45) is 2.54. The number of carbonyl (C=O) groups excluding carboxylic acids is 2. The normalized spacial score (nSPS) is 15.0. The lowest BCUT2D eigenvalue weighted by atomic mass is 9.96. The number of benzene rings is 1. The van der Waals surface area contributed by atoms with E-state index in [2.05, 4.69) is 11.9 Å². The number of hydrogen-bond donors (Lipinski definition) is 0. The molecule has 0 bridgehead atoms. The fraction of sp³-hybridized carbons (Fsp3) is 0.476. The van der Waals surface area contributed by atoms with E-state index in [4.69, 9.17) is 4.42 Å². The van der Waals surface area contributed by atoms with E-state index < -0.39 is 0 Å². The van der Waals surface area contributed by atoms with Gasteiger partial charge in [0.25, 0.3) is 11.8 Å². The molecule has 0 atom stereocenters. The van der Waals surface area contributed by atoms with Crippen LogP contribution in [0.2, 0.25) is 0 Å². The molecule has 2 heterocycles. The van der Waals surface area contributed by atoms with Crippen LogP contribution in [-0.2, 0) is 6.42 Å². The lowest BCUT2D eigenvalue weighted by Crippen LogP contribution is -2.38. The van der Waals surface area contributed by atoms with Crippen molar-refractivity contribution >= 4 is 11.8 Å². The Labute approximate surface area is 160 Å². The molecule has 2 amide bonds. The molecule has 0 radical (unpaired) electrons. The molecule has 27 heavy (non-hydrogen) atoms. The molecular weight excluding hydrogens is 342 g/mol. The molecule has 0 aliphatic carbocycles. The van der Waals surface area contributed by atoms with Gasteiger partial charge in [0.2, 0.25) is 0 Å². The monoisotopic (exact) mass is 369 g/mol. The summed E-state index contributed by atoms with van der Waals surface area (Å²) in [5.74, 6) is 1.23. The van der Waals surface area contributed by atoms with E-state index in [1.807, 2.05) is 29.2 Å². The van der Waals surface area contributed by atoms with Gasteiger partial charge in [0.05, 0.1) is 0 Å². The summed E-state index contributed by atoms with van der Waals surface area (Å²) in [6, 6.07) is 7.84. The van der Waals surface area contributed by atoms with E-state index >= 15 is 0 Å². The number of aromatic nitrogens is 1. The molecule has 0 unspecified atom stereocenters. The summed E-state index contributed by atoms with van der Waals surface area (Å²) in [5.41, 5.74) is 2.34. The van der Waals surface area contributed by atoms with Crippen LogP contribution in [0.3, 0.4) is 0 Å². The molecular formula is C21H27N3O3. The first-order chi connectivity index (χ1) is 12.9. The smallest absolute Gasteiger partial charge is 0.275 e. The van der Waals surface area contributed by atoms with Crippen molar-refractivity contribution < 1.29 is 14.0 Å². The second-order valence-electron chi connectivity index (χ2n) is 7.27. The highest BCUT2D eigenvalue weighted by atomic mass is 16.4. The van der Waals surface area contributed by atoms with Gasteiger partial charge in [-0.3, -0.25) is 9.59 Å². The van der Waals surface area contributed by atoms with Crippen molar-refractivity contribution in [2.75, 3.05) is 27.2 Å². The van der Waals surface area contributed by atoms with Crippen LogP contribution in [0, 0.1) is 6.92 Å². The number of piperidine rings is 1. The van der Waals surface area contributed by atoms with Crippen molar-refractivity contribution in [1.29, 1.82) is 0 Å². The second kappa shape index (κ2) is 7.94. The van der Waals surface area contributed by atoms with Gasteiger partial charge in [-0.25, -0.2) is 4.98 Å². The zero-order valence-electron chi connectivity index (χ0n) is 16.5. The summed E-state index contributed by atoms with van der Waals surface area (Å²) in [4.78, 5) is 32.7. The van der Waals surface area contributed by atoms with Gasteiger partial charge >= 0.3 is 0 Å². The Kier molecular flexibility index (Phi) is 5.63. The molecule has 144 valence electrons. The zero-order chi connectivity index (χ0) is 19.6. The van der Waals surface area contributed by atoms with Crippen LogP contribution in [0.25, 0.3) is 0 Å². The molecule has 6 heteroatoms. The Bertz CT molecular complexity index is 816. The summed E-state index contributed by atoms with van der Waals surface area (Å²) >= 11 is 0. The maximum atomic E-state index is 12.7. The van der Waals surface area contributed by atoms with Gasteiger partial charge in [-0.1, -0.05) is 19.1 Å². The Morgan fingerprint density at radius 3 is 2.37 bits per heavy atom. The van der Waals surface area contributed by atoms with Crippen molar-refractivity contribution in [2.24, 2.45) is 0 Å². The van der Waals surface area contributed by atoms with Crippen molar-refractivity contribution in [3.05, 3.63) is 52.7 Å². The van der Waals surface area contributed by atoms with Gasteiger partial charge in [-0.05, 0) is 43.9 Å². The van der Waals surface area contributed by atoms with Gasteiger partial charge in [-0.2, -0.15) is 0 Å². The minimum Gasteiger partial charge on any atom is -0.445 e. The highest BCUT2D eigenvalue weighted by Gasteiger charge is 2.29. The van der Waals surface area contributed by atoms with Crippen molar-refractivity contribution in [1.82, 2.24) is 14.8 Å². The van der Waals surface area contributed by atoms with Gasteiger partial charge in [0.1, 0.15) is 5.76 Å². The van der Waals surface area contributed by atoms with Crippen LogP contribution in [0.4, 0.5) is 0 Å². The van der Waals surface area contributed by atoms with Crippen LogP contribution in [-0.4, -0.2) is 53.8 Å². The number of amides is 2. The SMILES string of the molecule is CCc1ccc(C(=O)N2CCC(c3nc(C(=O)N(C)C)c(C)o3)CC2)cc1. The molecule has 1 aliphatic heterocycles. The van der Waals surface area contributed by atoms with Crippen LogP contribution in [0.1, 0.15) is 63.7 Å². The zero-order valence-corrected chi connectivity index (χ0v) is 16.5. The largest absolute Gasteiger partial charge is 0.445 e. The predicted molar refractivity (Wildman–Crippen MR) is 103 cm³/mol. The van der Waals surface area contributed by atoms with E-state index in [1.54, 1.807) is 21.0 Å². The number of oxazole rings is 1. The number of carbonyl (C=O) groups is 2. The lowest BCUT2D eigenvalue weighted by Gasteiger charge is -2.30. The van der Waals surface area contributed by atoms with E-state index in [0.717, 1.165) is 24.8 Å². The number of hydrogen-bond acceptors (Lipinski definition) is 4. The lowest BCUT2D eigenvalue weighted by molar-refractivity contribution is 0.0706. The van der Waals surface area contributed by atoms with E-state index in [1.165, 1.54) is 10.5 Å². The molecule has 6 nitrogen and oxygen atoms in total. The first kappa shape index (κ1) is 19.1. The molecule has 0 N–H and O–H groups in total. The van der Waals surface area contributed by atoms with E-state index in [9.17, 15) is 9.59 Å². The topological polar surface area (TPSA) is 66.7 Å². The van der Waals surface area contributed by atoms with Gasteiger partial charge in [0.15, 0.2) is 11.6 Å². The average Bonchev–Trinajstić information content (AvgIpc) is 3.08. The molecule has 0 spiro atoms. The average molecular weight is 369 g/mol. The number of rotatable bonds is 4. The first-order valence-electron chi connectivity index (χ1n) is 9.48. The first-order valence-corrected chi connectivity index (χ1v) is 9.48. The molecule has 1 aliphatic rings. The Hall–Kier alpha value is -2.63. The maximum Gasteiger partial charge on any atom is 0.275 e. The molecule has 1 aromatic heterocycles. The fourth-order valence-electron chi connectivity index (χ4n) is 3.40. The molecule has 2 aromatic rings. The number of likely N-dealkylation sites (tertiary alicyclic amines) is 1. The summed E-state index contributed by atoms with van der Waals surface area (Å²) in [7, 11) is 3.40. The quantitative estimate of drug-likeness (QED) is 0.830. The van der Waals surface area contributed by atoms with Crippen molar-refractivity contribution in [3.63, 3.8) is 0 Å².